The lowest BCUT2D eigenvalue weighted by molar-refractivity contribution is -0.143. The van der Waals surface area contributed by atoms with E-state index in [2.05, 4.69) is 5.32 Å². The van der Waals surface area contributed by atoms with Gasteiger partial charge in [-0.3, -0.25) is 0 Å². The summed E-state index contributed by atoms with van der Waals surface area (Å²) in [7, 11) is 0. The number of rotatable bonds is 7. The zero-order valence-corrected chi connectivity index (χ0v) is 11.5. The van der Waals surface area contributed by atoms with E-state index in [9.17, 15) is 9.59 Å². The van der Waals surface area contributed by atoms with Crippen LogP contribution in [0.2, 0.25) is 0 Å². The van der Waals surface area contributed by atoms with Crippen molar-refractivity contribution in [3.05, 3.63) is 35.9 Å². The van der Waals surface area contributed by atoms with Crippen molar-refractivity contribution in [1.82, 2.24) is 5.32 Å². The highest BCUT2D eigenvalue weighted by atomic mass is 16.5. The summed E-state index contributed by atoms with van der Waals surface area (Å²) in [5.74, 6) is -1.16. The van der Waals surface area contributed by atoms with Crippen molar-refractivity contribution < 1.29 is 24.2 Å². The summed E-state index contributed by atoms with van der Waals surface area (Å²) in [5, 5.41) is 11.3. The van der Waals surface area contributed by atoms with Gasteiger partial charge >= 0.3 is 12.1 Å². The van der Waals surface area contributed by atoms with Gasteiger partial charge in [-0.2, -0.15) is 0 Å². The second kappa shape index (κ2) is 8.16. The maximum atomic E-state index is 11.6. The quantitative estimate of drug-likeness (QED) is 0.796. The minimum atomic E-state index is -1.16. The van der Waals surface area contributed by atoms with Crippen molar-refractivity contribution in [3.8, 4) is 0 Å². The topological polar surface area (TPSA) is 84.9 Å². The number of aliphatic carboxylic acids is 1. The van der Waals surface area contributed by atoms with Crippen LogP contribution in [0.3, 0.4) is 0 Å². The van der Waals surface area contributed by atoms with Crippen molar-refractivity contribution >= 4 is 12.1 Å². The number of ether oxygens (including phenoxy) is 2. The average Bonchev–Trinajstić information content (AvgIpc) is 2.43. The number of carbonyl (C=O) groups excluding carboxylic acids is 1. The van der Waals surface area contributed by atoms with E-state index in [0.29, 0.717) is 6.61 Å². The van der Waals surface area contributed by atoms with E-state index < -0.39 is 24.2 Å². The summed E-state index contributed by atoms with van der Waals surface area (Å²) in [6.45, 7) is 3.79. The maximum absolute atomic E-state index is 11.6. The molecule has 0 aliphatic rings. The van der Waals surface area contributed by atoms with E-state index in [4.69, 9.17) is 14.6 Å². The van der Waals surface area contributed by atoms with Gasteiger partial charge in [0.15, 0.2) is 6.04 Å². The first-order chi connectivity index (χ1) is 9.54. The Morgan fingerprint density at radius 3 is 2.50 bits per heavy atom. The molecule has 0 aliphatic heterocycles. The monoisotopic (exact) mass is 281 g/mol. The van der Waals surface area contributed by atoms with Crippen LogP contribution in [-0.4, -0.2) is 35.9 Å². The number of benzene rings is 1. The lowest BCUT2D eigenvalue weighted by Gasteiger charge is -2.20. The molecule has 2 atom stereocenters. The van der Waals surface area contributed by atoms with Crippen LogP contribution in [0.15, 0.2) is 30.3 Å². The molecule has 110 valence electrons. The third kappa shape index (κ3) is 5.27. The van der Waals surface area contributed by atoms with Crippen molar-refractivity contribution in [2.24, 2.45) is 0 Å². The molecule has 0 heterocycles. The van der Waals surface area contributed by atoms with Crippen molar-refractivity contribution in [2.75, 3.05) is 6.61 Å². The van der Waals surface area contributed by atoms with Gasteiger partial charge in [0.1, 0.15) is 6.61 Å². The average molecular weight is 281 g/mol. The van der Waals surface area contributed by atoms with Crippen LogP contribution in [0.1, 0.15) is 19.4 Å². The molecular formula is C14H19NO5. The van der Waals surface area contributed by atoms with Crippen LogP contribution < -0.4 is 5.32 Å². The fourth-order valence-corrected chi connectivity index (χ4v) is 1.63. The van der Waals surface area contributed by atoms with Gasteiger partial charge in [-0.05, 0) is 19.4 Å². The molecule has 0 fully saturated rings. The molecule has 20 heavy (non-hydrogen) atoms. The molecule has 1 aromatic carbocycles. The largest absolute Gasteiger partial charge is 0.480 e. The summed E-state index contributed by atoms with van der Waals surface area (Å²) >= 11 is 0. The molecule has 1 aromatic rings. The summed E-state index contributed by atoms with van der Waals surface area (Å²) < 4.78 is 10.1. The molecule has 1 amide bonds. The van der Waals surface area contributed by atoms with E-state index in [0.717, 1.165) is 5.56 Å². The molecule has 0 aromatic heterocycles. The SMILES string of the molecule is CCO[C@@H](C)[C@H](NC(=O)OCc1ccccc1)C(=O)O. The van der Waals surface area contributed by atoms with Crippen molar-refractivity contribution in [3.63, 3.8) is 0 Å². The normalized spacial score (nSPS) is 13.3. The van der Waals surface area contributed by atoms with E-state index in [1.54, 1.807) is 13.8 Å². The highest BCUT2D eigenvalue weighted by Crippen LogP contribution is 2.03. The second-order valence-electron chi connectivity index (χ2n) is 4.18. The molecule has 6 heteroatoms. The number of alkyl carbamates (subject to hydrolysis) is 1. The molecule has 6 nitrogen and oxygen atoms in total. The molecular weight excluding hydrogens is 262 g/mol. The Hall–Kier alpha value is -2.08. The third-order valence-electron chi connectivity index (χ3n) is 2.65. The van der Waals surface area contributed by atoms with Crippen LogP contribution >= 0.6 is 0 Å². The number of carboxylic acid groups (broad SMARTS) is 1. The second-order valence-corrected chi connectivity index (χ2v) is 4.18. The van der Waals surface area contributed by atoms with Gasteiger partial charge in [-0.25, -0.2) is 9.59 Å². The molecule has 0 unspecified atom stereocenters. The first-order valence-corrected chi connectivity index (χ1v) is 6.36. The van der Waals surface area contributed by atoms with Crippen LogP contribution in [0.5, 0.6) is 0 Å². The van der Waals surface area contributed by atoms with Crippen LogP contribution in [-0.2, 0) is 20.9 Å². The predicted octanol–water partition coefficient (Wildman–Crippen LogP) is 1.79. The minimum absolute atomic E-state index is 0.0853. The lowest BCUT2D eigenvalue weighted by Crippen LogP contribution is -2.48. The number of carboxylic acids is 1. The number of hydrogen-bond acceptors (Lipinski definition) is 4. The minimum Gasteiger partial charge on any atom is -0.480 e. The Bertz CT molecular complexity index is 434. The molecule has 0 radical (unpaired) electrons. The van der Waals surface area contributed by atoms with Crippen LogP contribution in [0.25, 0.3) is 0 Å². The zero-order chi connectivity index (χ0) is 15.0. The van der Waals surface area contributed by atoms with Crippen molar-refractivity contribution in [2.45, 2.75) is 32.6 Å². The van der Waals surface area contributed by atoms with Gasteiger partial charge in [-0.1, -0.05) is 30.3 Å². The summed E-state index contributed by atoms with van der Waals surface area (Å²) in [4.78, 5) is 22.7. The van der Waals surface area contributed by atoms with E-state index in [-0.39, 0.29) is 6.61 Å². The maximum Gasteiger partial charge on any atom is 0.408 e. The number of amides is 1. The Labute approximate surface area is 117 Å². The highest BCUT2D eigenvalue weighted by Gasteiger charge is 2.27. The molecule has 0 saturated carbocycles. The Morgan fingerprint density at radius 2 is 1.95 bits per heavy atom. The number of nitrogens with one attached hydrogen (secondary N) is 1. The van der Waals surface area contributed by atoms with Gasteiger partial charge < -0.3 is 19.9 Å². The first-order valence-electron chi connectivity index (χ1n) is 6.36. The standard InChI is InChI=1S/C14H19NO5/c1-3-19-10(2)12(13(16)17)15-14(18)20-9-11-7-5-4-6-8-11/h4-8,10,12H,3,9H2,1-2H3,(H,15,18)(H,16,17)/t10-,12-/m0/s1. The number of hydrogen-bond donors (Lipinski definition) is 2. The molecule has 0 bridgehead atoms. The van der Waals surface area contributed by atoms with Crippen LogP contribution in [0, 0.1) is 0 Å². The van der Waals surface area contributed by atoms with Gasteiger partial charge in [0.25, 0.3) is 0 Å². The highest BCUT2D eigenvalue weighted by molar-refractivity contribution is 5.80. The Balaban J connectivity index is 2.48. The smallest absolute Gasteiger partial charge is 0.408 e. The van der Waals surface area contributed by atoms with Crippen molar-refractivity contribution in [1.29, 1.82) is 0 Å². The first kappa shape index (κ1) is 16.0. The molecule has 0 aliphatic carbocycles. The Kier molecular flexibility index (Phi) is 6.52. The molecule has 2 N–H and O–H groups in total. The Morgan fingerprint density at radius 1 is 1.30 bits per heavy atom. The van der Waals surface area contributed by atoms with E-state index >= 15 is 0 Å². The fourth-order valence-electron chi connectivity index (χ4n) is 1.63. The molecule has 1 rings (SSSR count). The third-order valence-corrected chi connectivity index (χ3v) is 2.65. The zero-order valence-electron chi connectivity index (χ0n) is 11.5. The van der Waals surface area contributed by atoms with E-state index in [1.165, 1.54) is 0 Å². The predicted molar refractivity (Wildman–Crippen MR) is 72.3 cm³/mol. The van der Waals surface area contributed by atoms with E-state index in [1.807, 2.05) is 30.3 Å². The van der Waals surface area contributed by atoms with Gasteiger partial charge in [0.05, 0.1) is 6.10 Å². The number of carbonyl (C=O) groups is 2. The molecule has 0 spiro atoms. The fraction of sp³-hybridized carbons (Fsp3) is 0.429. The summed E-state index contributed by atoms with van der Waals surface area (Å²) in [5.41, 5.74) is 0.826. The summed E-state index contributed by atoms with van der Waals surface area (Å²) in [6.07, 6.45) is -1.42. The molecule has 0 saturated heterocycles. The lowest BCUT2D eigenvalue weighted by atomic mass is 10.2. The van der Waals surface area contributed by atoms with Gasteiger partial charge in [-0.15, -0.1) is 0 Å². The summed E-state index contributed by atoms with van der Waals surface area (Å²) in [6, 6.07) is 7.99. The van der Waals surface area contributed by atoms with Gasteiger partial charge in [0, 0.05) is 6.61 Å². The van der Waals surface area contributed by atoms with Gasteiger partial charge in [0.2, 0.25) is 0 Å². The van der Waals surface area contributed by atoms with Crippen LogP contribution in [0.4, 0.5) is 4.79 Å².